The summed E-state index contributed by atoms with van der Waals surface area (Å²) in [6.45, 7) is 10.7. The van der Waals surface area contributed by atoms with Crippen LogP contribution in [0.4, 0.5) is 0 Å². The van der Waals surface area contributed by atoms with Crippen LogP contribution in [0, 0.1) is 22.7 Å². The van der Waals surface area contributed by atoms with Gasteiger partial charge in [-0.05, 0) is 36.6 Å². The van der Waals surface area contributed by atoms with Crippen LogP contribution in [0.25, 0.3) is 0 Å². The Labute approximate surface area is 130 Å². The molecule has 0 radical (unpaired) electrons. The molecule has 3 fully saturated rings. The number of hydrogen-bond donors (Lipinski definition) is 0. The van der Waals surface area contributed by atoms with E-state index >= 15 is 0 Å². The Morgan fingerprint density at radius 3 is 2.38 bits per heavy atom. The van der Waals surface area contributed by atoms with Crippen LogP contribution in [0.5, 0.6) is 0 Å². The van der Waals surface area contributed by atoms with Gasteiger partial charge in [-0.25, -0.2) is 0 Å². The molecule has 3 rings (SSSR count). The van der Waals surface area contributed by atoms with Crippen LogP contribution < -0.4 is 0 Å². The van der Waals surface area contributed by atoms with E-state index in [0.29, 0.717) is 11.2 Å². The smallest absolute Gasteiger partial charge is 0.155 e. The molecule has 2 aliphatic carbocycles. The van der Waals surface area contributed by atoms with Gasteiger partial charge < -0.3 is 0 Å². The Balaban J connectivity index is 1.69. The molecule has 0 unspecified atom stereocenters. The van der Waals surface area contributed by atoms with Crippen LogP contribution in [0.3, 0.4) is 0 Å². The molecule has 0 N–H and O–H groups in total. The number of Topliss-reactive ketones (excluding diaryl/α,β-unsaturated/α-hetero) is 1. The number of rotatable bonds is 3. The highest BCUT2D eigenvalue weighted by Crippen LogP contribution is 2.65. The quantitative estimate of drug-likeness (QED) is 0.773. The Kier molecular flexibility index (Phi) is 3.97. The summed E-state index contributed by atoms with van der Waals surface area (Å²) >= 11 is 0. The lowest BCUT2D eigenvalue weighted by Crippen LogP contribution is -2.41. The molecule has 0 aromatic heterocycles. The lowest BCUT2D eigenvalue weighted by Gasteiger charge is -2.27. The molecule has 2 heteroatoms. The van der Waals surface area contributed by atoms with Crippen LogP contribution in [0.2, 0.25) is 0 Å². The van der Waals surface area contributed by atoms with Crippen LogP contribution in [-0.4, -0.2) is 29.8 Å². The minimum absolute atomic E-state index is 0.196. The van der Waals surface area contributed by atoms with Gasteiger partial charge in [-0.15, -0.1) is 0 Å². The molecule has 21 heavy (non-hydrogen) atoms. The molecule has 1 heterocycles. The van der Waals surface area contributed by atoms with Crippen molar-refractivity contribution >= 4 is 5.78 Å². The molecular formula is C19H33NO. The van der Waals surface area contributed by atoms with Crippen molar-refractivity contribution in [3.63, 3.8) is 0 Å². The summed E-state index contributed by atoms with van der Waals surface area (Å²) in [7, 11) is 0. The van der Waals surface area contributed by atoms with E-state index in [9.17, 15) is 4.79 Å². The van der Waals surface area contributed by atoms with Crippen molar-refractivity contribution in [2.24, 2.45) is 22.7 Å². The van der Waals surface area contributed by atoms with Gasteiger partial charge in [0.15, 0.2) is 5.78 Å². The normalized spacial score (nSPS) is 38.1. The molecule has 1 spiro atoms. The fraction of sp³-hybridized carbons (Fsp3) is 0.947. The van der Waals surface area contributed by atoms with E-state index in [4.69, 9.17) is 0 Å². The second kappa shape index (κ2) is 5.37. The molecule has 2 nitrogen and oxygen atoms in total. The first-order valence-corrected chi connectivity index (χ1v) is 9.16. The standard InChI is InChI=1S/C19H33NO/c1-5-20-13-19(12-16(20)17(21)18(2,3)4)11-15(19)14-9-7-6-8-10-14/h14-16H,5-13H2,1-4H3/t15-,16-,19+/m0/s1. The van der Waals surface area contributed by atoms with Crippen molar-refractivity contribution < 1.29 is 4.79 Å². The molecule has 2 saturated carbocycles. The fourth-order valence-electron chi connectivity index (χ4n) is 5.18. The molecule has 1 saturated heterocycles. The molecule has 0 aromatic carbocycles. The predicted molar refractivity (Wildman–Crippen MR) is 87.2 cm³/mol. The molecule has 0 aromatic rings. The lowest BCUT2D eigenvalue weighted by atomic mass is 9.80. The highest BCUT2D eigenvalue weighted by atomic mass is 16.1. The van der Waals surface area contributed by atoms with E-state index in [1.54, 1.807) is 0 Å². The summed E-state index contributed by atoms with van der Waals surface area (Å²) in [5.74, 6) is 2.38. The average Bonchev–Trinajstić information content (AvgIpc) is 3.02. The first-order valence-electron chi connectivity index (χ1n) is 9.16. The second-order valence-electron chi connectivity index (χ2n) is 8.97. The van der Waals surface area contributed by atoms with Gasteiger partial charge in [0.25, 0.3) is 0 Å². The van der Waals surface area contributed by atoms with Gasteiger partial charge in [0.2, 0.25) is 0 Å². The minimum atomic E-state index is -0.196. The maximum absolute atomic E-state index is 12.8. The molecule has 0 bridgehead atoms. The number of carbonyl (C=O) groups is 1. The zero-order chi connectivity index (χ0) is 15.3. The third kappa shape index (κ3) is 2.81. The minimum Gasteiger partial charge on any atom is -0.297 e. The van der Waals surface area contributed by atoms with E-state index in [2.05, 4.69) is 32.6 Å². The first-order chi connectivity index (χ1) is 9.87. The van der Waals surface area contributed by atoms with Gasteiger partial charge in [0, 0.05) is 12.0 Å². The summed E-state index contributed by atoms with van der Waals surface area (Å²) in [6.07, 6.45) is 9.80. The number of likely N-dealkylation sites (tertiary alicyclic amines) is 1. The van der Waals surface area contributed by atoms with Gasteiger partial charge in [0.1, 0.15) is 0 Å². The van der Waals surface area contributed by atoms with Gasteiger partial charge in [0.05, 0.1) is 6.04 Å². The molecule has 3 atom stereocenters. The first kappa shape index (κ1) is 15.5. The van der Waals surface area contributed by atoms with E-state index in [0.717, 1.165) is 24.8 Å². The van der Waals surface area contributed by atoms with E-state index in [1.807, 2.05) is 0 Å². The Bertz CT molecular complexity index is 404. The van der Waals surface area contributed by atoms with Crippen LogP contribution in [0.15, 0.2) is 0 Å². The van der Waals surface area contributed by atoms with Gasteiger partial charge in [-0.2, -0.15) is 0 Å². The van der Waals surface area contributed by atoms with Crippen LogP contribution in [0.1, 0.15) is 72.6 Å². The van der Waals surface area contributed by atoms with Crippen molar-refractivity contribution in [3.05, 3.63) is 0 Å². The SMILES string of the molecule is CCN1C[C@]2(C[C@H]1C(=O)C(C)(C)C)C[C@H]2C1CCCCC1. The molecule has 3 aliphatic rings. The Morgan fingerprint density at radius 1 is 1.14 bits per heavy atom. The average molecular weight is 291 g/mol. The topological polar surface area (TPSA) is 20.3 Å². The summed E-state index contributed by atoms with van der Waals surface area (Å²) in [5.41, 5.74) is 0.322. The second-order valence-corrected chi connectivity index (χ2v) is 8.97. The van der Waals surface area contributed by atoms with E-state index < -0.39 is 0 Å². The van der Waals surface area contributed by atoms with Crippen molar-refractivity contribution in [1.29, 1.82) is 0 Å². The predicted octanol–water partition coefficient (Wildman–Crippen LogP) is 4.28. The maximum atomic E-state index is 12.8. The lowest BCUT2D eigenvalue weighted by molar-refractivity contribution is -0.130. The number of ketones is 1. The monoisotopic (exact) mass is 291 g/mol. The molecule has 120 valence electrons. The van der Waals surface area contributed by atoms with Gasteiger partial charge in [-0.1, -0.05) is 59.8 Å². The zero-order valence-electron chi connectivity index (χ0n) is 14.5. The largest absolute Gasteiger partial charge is 0.297 e. The molecule has 1 aliphatic heterocycles. The third-order valence-corrected chi connectivity index (χ3v) is 6.48. The number of nitrogens with zero attached hydrogens (tertiary/aromatic N) is 1. The van der Waals surface area contributed by atoms with Crippen molar-refractivity contribution in [2.75, 3.05) is 13.1 Å². The summed E-state index contributed by atoms with van der Waals surface area (Å²) in [6, 6.07) is 0.198. The Hall–Kier alpha value is -0.370. The number of likely N-dealkylation sites (N-methyl/N-ethyl adjacent to an activating group) is 1. The van der Waals surface area contributed by atoms with Gasteiger partial charge >= 0.3 is 0 Å². The zero-order valence-corrected chi connectivity index (χ0v) is 14.5. The Morgan fingerprint density at radius 2 is 1.81 bits per heavy atom. The third-order valence-electron chi connectivity index (χ3n) is 6.48. The van der Waals surface area contributed by atoms with Gasteiger partial charge in [-0.3, -0.25) is 9.69 Å². The molecular weight excluding hydrogens is 258 g/mol. The van der Waals surface area contributed by atoms with Crippen molar-refractivity contribution in [2.45, 2.75) is 78.7 Å². The summed E-state index contributed by atoms with van der Waals surface area (Å²) in [4.78, 5) is 15.3. The fourth-order valence-corrected chi connectivity index (χ4v) is 5.18. The number of carbonyl (C=O) groups excluding carboxylic acids is 1. The summed E-state index contributed by atoms with van der Waals surface area (Å²) in [5, 5.41) is 0. The number of hydrogen-bond acceptors (Lipinski definition) is 2. The van der Waals surface area contributed by atoms with E-state index in [1.165, 1.54) is 45.1 Å². The van der Waals surface area contributed by atoms with E-state index in [-0.39, 0.29) is 11.5 Å². The van der Waals surface area contributed by atoms with Crippen LogP contribution in [-0.2, 0) is 4.79 Å². The highest BCUT2D eigenvalue weighted by molar-refractivity contribution is 5.89. The summed E-state index contributed by atoms with van der Waals surface area (Å²) < 4.78 is 0. The van der Waals surface area contributed by atoms with Crippen molar-refractivity contribution in [3.8, 4) is 0 Å². The van der Waals surface area contributed by atoms with Crippen molar-refractivity contribution in [1.82, 2.24) is 4.90 Å². The van der Waals surface area contributed by atoms with Crippen LogP contribution >= 0.6 is 0 Å². The highest BCUT2D eigenvalue weighted by Gasteiger charge is 2.62. The molecule has 0 amide bonds. The maximum Gasteiger partial charge on any atom is 0.155 e.